The molecule has 0 heterocycles. The maximum atomic E-state index is 2.37. The van der Waals surface area contributed by atoms with Gasteiger partial charge in [0.05, 0.1) is 0 Å². The quantitative estimate of drug-likeness (QED) is 0.596. The van der Waals surface area contributed by atoms with Gasteiger partial charge in [0, 0.05) is 0 Å². The van der Waals surface area contributed by atoms with Gasteiger partial charge in [-0.15, -0.1) is 0 Å². The van der Waals surface area contributed by atoms with E-state index in [4.69, 9.17) is 0 Å². The monoisotopic (exact) mass is 180 g/mol. The second kappa shape index (κ2) is 4.02. The second-order valence-electron chi connectivity index (χ2n) is 5.35. The highest BCUT2D eigenvalue weighted by Crippen LogP contribution is 2.48. The van der Waals surface area contributed by atoms with E-state index in [1.165, 1.54) is 19.3 Å². The highest BCUT2D eigenvalue weighted by atomic mass is 14.4. The minimum absolute atomic E-state index is 1.08. The van der Waals surface area contributed by atoms with Gasteiger partial charge in [0.15, 0.2) is 0 Å². The van der Waals surface area contributed by atoms with Crippen molar-refractivity contribution in [3.05, 3.63) is 0 Å². The van der Waals surface area contributed by atoms with Gasteiger partial charge in [-0.2, -0.15) is 0 Å². The van der Waals surface area contributed by atoms with Crippen LogP contribution in [0, 0.1) is 23.7 Å². The van der Waals surface area contributed by atoms with Crippen molar-refractivity contribution in [2.75, 3.05) is 0 Å². The zero-order valence-electron chi connectivity index (χ0n) is 9.26. The van der Waals surface area contributed by atoms with Gasteiger partial charge in [0.1, 0.15) is 0 Å². The number of rotatable bonds is 2. The molecule has 0 aromatic rings. The van der Waals surface area contributed by atoms with Gasteiger partial charge in [-0.05, 0) is 49.4 Å². The number of hydrogen-bond acceptors (Lipinski definition) is 0. The smallest absolute Gasteiger partial charge is 0.0380 e. The highest BCUT2D eigenvalue weighted by Gasteiger charge is 2.37. The van der Waals surface area contributed by atoms with E-state index in [9.17, 15) is 0 Å². The molecule has 0 aliphatic heterocycles. The molecule has 0 saturated heterocycles. The van der Waals surface area contributed by atoms with Crippen LogP contribution in [0.3, 0.4) is 0 Å². The standard InChI is InChI=1S/C13H24/c1-3-10-5-6-12-8-11(4-2)9-13(12)7-10/h10-13H,3-9H2,1-2H3. The van der Waals surface area contributed by atoms with E-state index in [1.54, 1.807) is 25.7 Å². The Morgan fingerprint density at radius 1 is 0.769 bits per heavy atom. The topological polar surface area (TPSA) is 0 Å². The van der Waals surface area contributed by atoms with Crippen molar-refractivity contribution < 1.29 is 0 Å². The summed E-state index contributed by atoms with van der Waals surface area (Å²) in [6.07, 6.45) is 10.7. The summed E-state index contributed by atoms with van der Waals surface area (Å²) in [4.78, 5) is 0. The molecule has 4 unspecified atom stereocenters. The normalized spacial score (nSPS) is 44.8. The molecule has 0 aromatic carbocycles. The molecule has 0 nitrogen and oxygen atoms in total. The first-order chi connectivity index (χ1) is 6.33. The molecule has 0 spiro atoms. The van der Waals surface area contributed by atoms with Crippen LogP contribution in [0.15, 0.2) is 0 Å². The molecule has 2 rings (SSSR count). The van der Waals surface area contributed by atoms with Crippen LogP contribution in [0.1, 0.15) is 58.8 Å². The minimum atomic E-state index is 1.08. The molecule has 2 fully saturated rings. The van der Waals surface area contributed by atoms with Crippen molar-refractivity contribution in [2.24, 2.45) is 23.7 Å². The fourth-order valence-electron chi connectivity index (χ4n) is 3.68. The van der Waals surface area contributed by atoms with Crippen LogP contribution in [0.25, 0.3) is 0 Å². The summed E-state index contributed by atoms with van der Waals surface area (Å²) in [5.41, 5.74) is 0. The molecular weight excluding hydrogens is 156 g/mol. The molecule has 0 N–H and O–H groups in total. The third-order valence-electron chi connectivity index (χ3n) is 4.68. The van der Waals surface area contributed by atoms with E-state index in [2.05, 4.69) is 13.8 Å². The molecular formula is C13H24. The van der Waals surface area contributed by atoms with Crippen molar-refractivity contribution >= 4 is 0 Å². The predicted octanol–water partition coefficient (Wildman–Crippen LogP) is 4.25. The van der Waals surface area contributed by atoms with Crippen LogP contribution in [-0.2, 0) is 0 Å². The molecule has 0 bridgehead atoms. The van der Waals surface area contributed by atoms with E-state index < -0.39 is 0 Å². The molecule has 2 aliphatic rings. The van der Waals surface area contributed by atoms with Gasteiger partial charge in [0.2, 0.25) is 0 Å². The molecule has 2 aliphatic carbocycles. The predicted molar refractivity (Wildman–Crippen MR) is 57.6 cm³/mol. The van der Waals surface area contributed by atoms with Gasteiger partial charge in [-0.3, -0.25) is 0 Å². The molecule has 0 amide bonds. The Morgan fingerprint density at radius 2 is 1.38 bits per heavy atom. The largest absolute Gasteiger partial charge is 0.0651 e. The summed E-state index contributed by atoms with van der Waals surface area (Å²) in [5.74, 6) is 4.43. The summed E-state index contributed by atoms with van der Waals surface area (Å²) < 4.78 is 0. The first kappa shape index (κ1) is 9.55. The van der Waals surface area contributed by atoms with Crippen LogP contribution in [-0.4, -0.2) is 0 Å². The maximum absolute atomic E-state index is 2.37. The average molecular weight is 180 g/mol. The number of fused-ring (bicyclic) bond motifs is 1. The third-order valence-corrected chi connectivity index (χ3v) is 4.68. The minimum Gasteiger partial charge on any atom is -0.0651 e. The lowest BCUT2D eigenvalue weighted by atomic mass is 9.75. The number of hydrogen-bond donors (Lipinski definition) is 0. The van der Waals surface area contributed by atoms with Gasteiger partial charge >= 0.3 is 0 Å². The maximum Gasteiger partial charge on any atom is -0.0380 e. The molecule has 76 valence electrons. The van der Waals surface area contributed by atoms with Crippen molar-refractivity contribution in [1.82, 2.24) is 0 Å². The third kappa shape index (κ3) is 1.92. The van der Waals surface area contributed by atoms with Gasteiger partial charge in [-0.1, -0.05) is 33.1 Å². The van der Waals surface area contributed by atoms with E-state index in [0.717, 1.165) is 23.7 Å². The fourth-order valence-corrected chi connectivity index (χ4v) is 3.68. The highest BCUT2D eigenvalue weighted by molar-refractivity contribution is 4.88. The Kier molecular flexibility index (Phi) is 2.96. The summed E-state index contributed by atoms with van der Waals surface area (Å²) in [5, 5.41) is 0. The van der Waals surface area contributed by atoms with Crippen LogP contribution >= 0.6 is 0 Å². The molecule has 4 atom stereocenters. The average Bonchev–Trinajstić information content (AvgIpc) is 2.58. The lowest BCUT2D eigenvalue weighted by Gasteiger charge is -2.31. The molecule has 0 aromatic heterocycles. The zero-order chi connectivity index (χ0) is 9.26. The summed E-state index contributed by atoms with van der Waals surface area (Å²) in [7, 11) is 0. The SMILES string of the molecule is CCC1CCC2CC(CC)CC2C1. The van der Waals surface area contributed by atoms with Crippen molar-refractivity contribution in [3.8, 4) is 0 Å². The van der Waals surface area contributed by atoms with Crippen molar-refractivity contribution in [1.29, 1.82) is 0 Å². The lowest BCUT2D eigenvalue weighted by Crippen LogP contribution is -2.19. The van der Waals surface area contributed by atoms with Crippen LogP contribution < -0.4 is 0 Å². The lowest BCUT2D eigenvalue weighted by molar-refractivity contribution is 0.204. The first-order valence-electron chi connectivity index (χ1n) is 6.33. The van der Waals surface area contributed by atoms with Crippen LogP contribution in [0.5, 0.6) is 0 Å². The van der Waals surface area contributed by atoms with Crippen molar-refractivity contribution in [2.45, 2.75) is 58.8 Å². The Bertz CT molecular complexity index is 159. The van der Waals surface area contributed by atoms with E-state index in [0.29, 0.717) is 0 Å². The Morgan fingerprint density at radius 3 is 2.08 bits per heavy atom. The Hall–Kier alpha value is 0. The van der Waals surface area contributed by atoms with Gasteiger partial charge in [-0.25, -0.2) is 0 Å². The molecule has 0 radical (unpaired) electrons. The molecule has 0 heteroatoms. The Balaban J connectivity index is 1.90. The second-order valence-corrected chi connectivity index (χ2v) is 5.35. The van der Waals surface area contributed by atoms with Gasteiger partial charge in [0.25, 0.3) is 0 Å². The molecule has 2 saturated carbocycles. The summed E-state index contributed by atoms with van der Waals surface area (Å²) in [6, 6.07) is 0. The Labute approximate surface area is 83.1 Å². The molecule has 13 heavy (non-hydrogen) atoms. The summed E-state index contributed by atoms with van der Waals surface area (Å²) >= 11 is 0. The van der Waals surface area contributed by atoms with E-state index in [-0.39, 0.29) is 0 Å². The van der Waals surface area contributed by atoms with E-state index in [1.807, 2.05) is 0 Å². The fraction of sp³-hybridized carbons (Fsp3) is 1.00. The first-order valence-corrected chi connectivity index (χ1v) is 6.33. The van der Waals surface area contributed by atoms with Crippen LogP contribution in [0.4, 0.5) is 0 Å². The van der Waals surface area contributed by atoms with Gasteiger partial charge < -0.3 is 0 Å². The zero-order valence-corrected chi connectivity index (χ0v) is 9.26. The summed E-state index contributed by atoms with van der Waals surface area (Å²) in [6.45, 7) is 4.75. The van der Waals surface area contributed by atoms with E-state index >= 15 is 0 Å². The van der Waals surface area contributed by atoms with Crippen molar-refractivity contribution in [3.63, 3.8) is 0 Å². The van der Waals surface area contributed by atoms with Crippen LogP contribution in [0.2, 0.25) is 0 Å².